The summed E-state index contributed by atoms with van der Waals surface area (Å²) in [5.41, 5.74) is 8.86. The van der Waals surface area contributed by atoms with Crippen LogP contribution in [0, 0.1) is 6.92 Å². The number of rotatable bonds is 6. The zero-order valence-electron chi connectivity index (χ0n) is 14.9. The minimum Gasteiger partial charge on any atom is -0.491 e. The van der Waals surface area contributed by atoms with Crippen LogP contribution in [0.15, 0.2) is 42.5 Å². The molecule has 1 heterocycles. The number of nitrogens with two attached hydrogens (primary N) is 1. The first-order valence-electron chi connectivity index (χ1n) is 8.60. The van der Waals surface area contributed by atoms with Crippen LogP contribution in [0.3, 0.4) is 0 Å². The third kappa shape index (κ3) is 5.13. The number of hydrogen-bond donors (Lipinski definition) is 2. The first-order chi connectivity index (χ1) is 12.1. The van der Waals surface area contributed by atoms with Crippen LogP contribution in [0.5, 0.6) is 5.75 Å². The van der Waals surface area contributed by atoms with Crippen molar-refractivity contribution in [3.63, 3.8) is 0 Å². The van der Waals surface area contributed by atoms with Gasteiger partial charge >= 0.3 is 0 Å². The van der Waals surface area contributed by atoms with Crippen LogP contribution in [0.25, 0.3) is 0 Å². The summed E-state index contributed by atoms with van der Waals surface area (Å²) in [6.07, 6.45) is 2.28. The maximum atomic E-state index is 12.3. The lowest BCUT2D eigenvalue weighted by Gasteiger charge is -2.16. The minimum absolute atomic E-state index is 0. The van der Waals surface area contributed by atoms with Gasteiger partial charge in [0.25, 0.3) is 5.91 Å². The number of para-hydroxylation sites is 1. The monoisotopic (exact) mass is 376 g/mol. The molecule has 0 aliphatic carbocycles. The van der Waals surface area contributed by atoms with Crippen molar-refractivity contribution in [1.29, 1.82) is 0 Å². The van der Waals surface area contributed by atoms with E-state index in [1.807, 2.05) is 31.2 Å². The molecule has 1 amide bonds. The largest absolute Gasteiger partial charge is 0.491 e. The number of halogens is 1. The number of ether oxygens (including phenoxy) is 2. The zero-order chi connectivity index (χ0) is 17.6. The van der Waals surface area contributed by atoms with Gasteiger partial charge in [-0.3, -0.25) is 4.79 Å². The molecule has 1 aliphatic rings. The van der Waals surface area contributed by atoms with Crippen molar-refractivity contribution < 1.29 is 14.3 Å². The van der Waals surface area contributed by atoms with E-state index in [2.05, 4.69) is 5.32 Å². The van der Waals surface area contributed by atoms with Crippen LogP contribution >= 0.6 is 12.4 Å². The molecule has 3 N–H and O–H groups in total. The van der Waals surface area contributed by atoms with Gasteiger partial charge in [0.05, 0.1) is 11.7 Å². The Labute approximate surface area is 160 Å². The third-order valence-electron chi connectivity index (χ3n) is 4.32. The highest BCUT2D eigenvalue weighted by molar-refractivity contribution is 5.99. The van der Waals surface area contributed by atoms with Gasteiger partial charge in [0, 0.05) is 24.4 Å². The van der Waals surface area contributed by atoms with Crippen LogP contribution in [0.2, 0.25) is 0 Å². The molecule has 0 spiro atoms. The molecule has 0 saturated carbocycles. The van der Waals surface area contributed by atoms with Crippen molar-refractivity contribution in [2.75, 3.05) is 18.9 Å². The predicted molar refractivity (Wildman–Crippen MR) is 105 cm³/mol. The quantitative estimate of drug-likeness (QED) is 0.757. The second-order valence-corrected chi connectivity index (χ2v) is 6.33. The standard InChI is InChI=1S/C20H24N2O3.ClH/c1-14-8-9-15(19(11-14)25-13-16-5-4-10-24-16)12-22-20(23)17-6-2-3-7-18(17)21;/h2-3,6-9,11,16H,4-5,10,12-13,21H2,1H3,(H,22,23);1H. The Morgan fingerprint density at radius 1 is 1.31 bits per heavy atom. The molecule has 0 aromatic heterocycles. The van der Waals surface area contributed by atoms with E-state index in [4.69, 9.17) is 15.2 Å². The summed E-state index contributed by atoms with van der Waals surface area (Å²) in [5, 5.41) is 2.91. The molecule has 1 aliphatic heterocycles. The summed E-state index contributed by atoms with van der Waals surface area (Å²) in [6, 6.07) is 13.0. The summed E-state index contributed by atoms with van der Waals surface area (Å²) in [5.74, 6) is 0.598. The van der Waals surface area contributed by atoms with Gasteiger partial charge in [-0.05, 0) is 43.5 Å². The minimum atomic E-state index is -0.191. The molecule has 1 unspecified atom stereocenters. The number of carbonyl (C=O) groups excluding carboxylic acids is 1. The molecule has 3 rings (SSSR count). The Hall–Kier alpha value is -2.24. The van der Waals surface area contributed by atoms with Crippen LogP contribution in [-0.2, 0) is 11.3 Å². The van der Waals surface area contributed by atoms with Gasteiger partial charge < -0.3 is 20.5 Å². The molecule has 2 aromatic rings. The second-order valence-electron chi connectivity index (χ2n) is 6.33. The van der Waals surface area contributed by atoms with Crippen molar-refractivity contribution in [2.24, 2.45) is 0 Å². The molecular formula is C20H25ClN2O3. The van der Waals surface area contributed by atoms with E-state index in [9.17, 15) is 4.79 Å². The van der Waals surface area contributed by atoms with E-state index < -0.39 is 0 Å². The van der Waals surface area contributed by atoms with Crippen LogP contribution in [-0.4, -0.2) is 25.2 Å². The molecule has 26 heavy (non-hydrogen) atoms. The van der Waals surface area contributed by atoms with Crippen molar-refractivity contribution in [3.05, 3.63) is 59.2 Å². The smallest absolute Gasteiger partial charge is 0.253 e. The summed E-state index contributed by atoms with van der Waals surface area (Å²) >= 11 is 0. The number of benzene rings is 2. The second kappa shape index (κ2) is 9.46. The summed E-state index contributed by atoms with van der Waals surface area (Å²) in [6.45, 7) is 3.75. The number of hydrogen-bond acceptors (Lipinski definition) is 4. The molecule has 140 valence electrons. The maximum Gasteiger partial charge on any atom is 0.253 e. The fraction of sp³-hybridized carbons (Fsp3) is 0.350. The van der Waals surface area contributed by atoms with Gasteiger partial charge in [0.1, 0.15) is 12.4 Å². The highest BCUT2D eigenvalue weighted by Crippen LogP contribution is 2.22. The molecule has 1 fully saturated rings. The molecule has 2 aromatic carbocycles. The van der Waals surface area contributed by atoms with Gasteiger partial charge in [-0.25, -0.2) is 0 Å². The summed E-state index contributed by atoms with van der Waals surface area (Å²) in [4.78, 5) is 12.3. The Balaban J connectivity index is 0.00000243. The number of carbonyl (C=O) groups is 1. The first kappa shape index (κ1) is 20.1. The van der Waals surface area contributed by atoms with E-state index >= 15 is 0 Å². The molecule has 5 nitrogen and oxygen atoms in total. The number of amides is 1. The van der Waals surface area contributed by atoms with E-state index in [1.54, 1.807) is 18.2 Å². The third-order valence-corrected chi connectivity index (χ3v) is 4.32. The van der Waals surface area contributed by atoms with Gasteiger partial charge in [-0.15, -0.1) is 12.4 Å². The van der Waals surface area contributed by atoms with E-state index in [0.717, 1.165) is 36.3 Å². The summed E-state index contributed by atoms with van der Waals surface area (Å²) < 4.78 is 11.6. The average molecular weight is 377 g/mol. The topological polar surface area (TPSA) is 73.6 Å². The SMILES string of the molecule is Cc1ccc(CNC(=O)c2ccccc2N)c(OCC2CCCO2)c1.Cl. The fourth-order valence-electron chi connectivity index (χ4n) is 2.88. The predicted octanol–water partition coefficient (Wildman–Crippen LogP) is 3.49. The van der Waals surface area contributed by atoms with Crippen molar-refractivity contribution in [2.45, 2.75) is 32.4 Å². The van der Waals surface area contributed by atoms with Crippen molar-refractivity contribution in [1.82, 2.24) is 5.32 Å². The molecule has 1 atom stereocenters. The number of nitrogens with one attached hydrogen (secondary N) is 1. The normalized spacial score (nSPS) is 16.0. The van der Waals surface area contributed by atoms with Gasteiger partial charge in [-0.1, -0.05) is 24.3 Å². The van der Waals surface area contributed by atoms with E-state index in [1.165, 1.54) is 0 Å². The van der Waals surface area contributed by atoms with E-state index in [0.29, 0.717) is 24.4 Å². The average Bonchev–Trinajstić information content (AvgIpc) is 3.13. The van der Waals surface area contributed by atoms with Gasteiger partial charge in [0.2, 0.25) is 0 Å². The van der Waals surface area contributed by atoms with Crippen molar-refractivity contribution in [3.8, 4) is 5.75 Å². The lowest BCUT2D eigenvalue weighted by molar-refractivity contribution is 0.0675. The fourth-order valence-corrected chi connectivity index (χ4v) is 2.88. The number of anilines is 1. The zero-order valence-corrected chi connectivity index (χ0v) is 15.7. The molecule has 0 radical (unpaired) electrons. The van der Waals surface area contributed by atoms with Gasteiger partial charge in [-0.2, -0.15) is 0 Å². The molecule has 1 saturated heterocycles. The Bertz CT molecular complexity index is 746. The van der Waals surface area contributed by atoms with Crippen molar-refractivity contribution >= 4 is 24.0 Å². The first-order valence-corrected chi connectivity index (χ1v) is 8.60. The molecule has 6 heteroatoms. The Kier molecular flexibility index (Phi) is 7.30. The lowest BCUT2D eigenvalue weighted by Crippen LogP contribution is -2.24. The number of nitrogen functional groups attached to an aromatic ring is 1. The summed E-state index contributed by atoms with van der Waals surface area (Å²) in [7, 11) is 0. The Morgan fingerprint density at radius 3 is 2.85 bits per heavy atom. The highest BCUT2D eigenvalue weighted by Gasteiger charge is 2.17. The highest BCUT2D eigenvalue weighted by atomic mass is 35.5. The maximum absolute atomic E-state index is 12.3. The number of aryl methyl sites for hydroxylation is 1. The van der Waals surface area contributed by atoms with Crippen LogP contribution in [0.1, 0.15) is 34.3 Å². The van der Waals surface area contributed by atoms with E-state index in [-0.39, 0.29) is 24.4 Å². The van der Waals surface area contributed by atoms with Crippen LogP contribution < -0.4 is 15.8 Å². The molecule has 0 bridgehead atoms. The molecular weight excluding hydrogens is 352 g/mol. The van der Waals surface area contributed by atoms with Gasteiger partial charge in [0.15, 0.2) is 0 Å². The Morgan fingerprint density at radius 2 is 2.12 bits per heavy atom. The lowest BCUT2D eigenvalue weighted by atomic mass is 10.1. The van der Waals surface area contributed by atoms with Crippen LogP contribution in [0.4, 0.5) is 5.69 Å².